The fourth-order valence-corrected chi connectivity index (χ4v) is 3.95. The third-order valence-corrected chi connectivity index (χ3v) is 5.79. The number of aryl methyl sites for hydroxylation is 1. The predicted octanol–water partition coefficient (Wildman–Crippen LogP) is 4.14. The van der Waals surface area contributed by atoms with Gasteiger partial charge in [-0.3, -0.25) is 0 Å². The van der Waals surface area contributed by atoms with Gasteiger partial charge in [-0.25, -0.2) is 0 Å². The van der Waals surface area contributed by atoms with Crippen LogP contribution in [0, 0.1) is 5.92 Å². The van der Waals surface area contributed by atoms with Crippen LogP contribution in [0.3, 0.4) is 0 Å². The fourth-order valence-electron chi connectivity index (χ4n) is 2.33. The molecule has 102 valence electrons. The molecule has 0 aliphatic carbocycles. The number of alkyl halides is 1. The van der Waals surface area contributed by atoms with Crippen LogP contribution in [0.15, 0.2) is 18.2 Å². The predicted molar refractivity (Wildman–Crippen MR) is 87.2 cm³/mol. The lowest BCUT2D eigenvalue weighted by Crippen LogP contribution is -2.28. The largest absolute Gasteiger partial charge is 0.126 e. The van der Waals surface area contributed by atoms with Gasteiger partial charge in [-0.05, 0) is 36.3 Å². The number of hydrogen-bond acceptors (Lipinski definition) is 0. The summed E-state index contributed by atoms with van der Waals surface area (Å²) in [5.41, 5.74) is 3.07. The van der Waals surface area contributed by atoms with Crippen LogP contribution in [0.4, 0.5) is 0 Å². The summed E-state index contributed by atoms with van der Waals surface area (Å²) in [6.07, 6.45) is 4.95. The molecule has 0 spiro atoms. The van der Waals surface area contributed by atoms with Crippen molar-refractivity contribution in [3.8, 4) is 0 Å². The number of halogens is 1. The Bertz CT molecular complexity index is 360. The molecule has 0 heterocycles. The van der Waals surface area contributed by atoms with E-state index >= 15 is 0 Å². The highest BCUT2D eigenvalue weighted by molar-refractivity contribution is 6.71. The SMILES string of the molecule is CCCCc1ccc(CC(C)CCl)c([SiH](C)C)c1. The van der Waals surface area contributed by atoms with Gasteiger partial charge in [0.15, 0.2) is 0 Å². The minimum Gasteiger partial charge on any atom is -0.126 e. The van der Waals surface area contributed by atoms with E-state index in [9.17, 15) is 0 Å². The van der Waals surface area contributed by atoms with Crippen molar-refractivity contribution in [3.63, 3.8) is 0 Å². The molecule has 0 N–H and O–H groups in total. The summed E-state index contributed by atoms with van der Waals surface area (Å²) in [7, 11) is -0.743. The number of rotatable bonds is 7. The number of benzene rings is 1. The van der Waals surface area contributed by atoms with Crippen LogP contribution in [0.25, 0.3) is 0 Å². The average Bonchev–Trinajstić information content (AvgIpc) is 2.37. The Hall–Kier alpha value is -0.273. The van der Waals surface area contributed by atoms with E-state index in [-0.39, 0.29) is 0 Å². The van der Waals surface area contributed by atoms with Crippen molar-refractivity contribution >= 4 is 25.6 Å². The Morgan fingerprint density at radius 3 is 2.56 bits per heavy atom. The highest BCUT2D eigenvalue weighted by Crippen LogP contribution is 2.12. The van der Waals surface area contributed by atoms with Crippen molar-refractivity contribution in [3.05, 3.63) is 29.3 Å². The molecule has 0 saturated heterocycles. The second-order valence-corrected chi connectivity index (χ2v) is 9.00. The maximum absolute atomic E-state index is 5.94. The summed E-state index contributed by atoms with van der Waals surface area (Å²) in [6.45, 7) is 9.35. The van der Waals surface area contributed by atoms with Gasteiger partial charge in [-0.15, -0.1) is 11.6 Å². The average molecular weight is 283 g/mol. The molecule has 1 unspecified atom stereocenters. The van der Waals surface area contributed by atoms with Crippen LogP contribution < -0.4 is 5.19 Å². The number of hydrogen-bond donors (Lipinski definition) is 0. The first-order chi connectivity index (χ1) is 8.58. The highest BCUT2D eigenvalue weighted by Gasteiger charge is 2.11. The third kappa shape index (κ3) is 4.77. The van der Waals surface area contributed by atoms with Crippen molar-refractivity contribution in [2.75, 3.05) is 5.88 Å². The fraction of sp³-hybridized carbons (Fsp3) is 0.625. The summed E-state index contributed by atoms with van der Waals surface area (Å²) < 4.78 is 0. The van der Waals surface area contributed by atoms with E-state index in [1.807, 2.05) is 0 Å². The second-order valence-electron chi connectivity index (χ2n) is 5.76. The minimum absolute atomic E-state index is 0.583. The molecule has 2 heteroatoms. The molecule has 0 bridgehead atoms. The molecule has 0 saturated carbocycles. The van der Waals surface area contributed by atoms with Crippen molar-refractivity contribution in [1.82, 2.24) is 0 Å². The minimum atomic E-state index is -0.743. The second kappa shape index (κ2) is 8.01. The quantitative estimate of drug-likeness (QED) is 0.521. The van der Waals surface area contributed by atoms with E-state index < -0.39 is 8.80 Å². The van der Waals surface area contributed by atoms with Crippen LogP contribution in [0.2, 0.25) is 13.1 Å². The van der Waals surface area contributed by atoms with Gasteiger partial charge >= 0.3 is 0 Å². The van der Waals surface area contributed by atoms with Crippen molar-refractivity contribution in [1.29, 1.82) is 0 Å². The van der Waals surface area contributed by atoms with E-state index in [0.29, 0.717) is 5.92 Å². The molecule has 1 aromatic carbocycles. The molecule has 0 nitrogen and oxygen atoms in total. The molecule has 0 fully saturated rings. The Morgan fingerprint density at radius 1 is 1.28 bits per heavy atom. The molecule has 0 aliphatic heterocycles. The topological polar surface area (TPSA) is 0 Å². The van der Waals surface area contributed by atoms with Crippen LogP contribution in [0.5, 0.6) is 0 Å². The lowest BCUT2D eigenvalue weighted by atomic mass is 10.00. The summed E-state index contributed by atoms with van der Waals surface area (Å²) in [6, 6.07) is 7.16. The Balaban J connectivity index is 2.89. The van der Waals surface area contributed by atoms with E-state index in [1.54, 1.807) is 10.8 Å². The van der Waals surface area contributed by atoms with Gasteiger partial charge in [0.05, 0.1) is 8.80 Å². The maximum atomic E-state index is 5.94. The molecule has 0 radical (unpaired) electrons. The first kappa shape index (κ1) is 15.8. The third-order valence-electron chi connectivity index (χ3n) is 3.48. The van der Waals surface area contributed by atoms with Gasteiger partial charge in [0.2, 0.25) is 0 Å². The molecule has 0 aliphatic rings. The lowest BCUT2D eigenvalue weighted by Gasteiger charge is -2.16. The van der Waals surface area contributed by atoms with Crippen LogP contribution in [-0.2, 0) is 12.8 Å². The first-order valence-electron chi connectivity index (χ1n) is 7.26. The van der Waals surface area contributed by atoms with Crippen LogP contribution in [-0.4, -0.2) is 14.7 Å². The summed E-state index contributed by atoms with van der Waals surface area (Å²) in [5.74, 6) is 1.34. The Kier molecular flexibility index (Phi) is 7.02. The van der Waals surface area contributed by atoms with Gasteiger partial charge in [-0.2, -0.15) is 0 Å². The van der Waals surface area contributed by atoms with Gasteiger partial charge in [0.1, 0.15) is 0 Å². The zero-order valence-corrected chi connectivity index (χ0v) is 14.2. The Labute approximate surface area is 119 Å². The molecular formula is C16H27ClSi. The maximum Gasteiger partial charge on any atom is 0.0651 e. The molecule has 1 rings (SSSR count). The van der Waals surface area contributed by atoms with Crippen molar-refractivity contribution < 1.29 is 0 Å². The van der Waals surface area contributed by atoms with Gasteiger partial charge in [0, 0.05) is 5.88 Å². The van der Waals surface area contributed by atoms with E-state index in [1.165, 1.54) is 24.8 Å². The normalized spacial score (nSPS) is 13.0. The smallest absolute Gasteiger partial charge is 0.0651 e. The first-order valence-corrected chi connectivity index (χ1v) is 10.7. The van der Waals surface area contributed by atoms with Gasteiger partial charge < -0.3 is 0 Å². The standard InChI is InChI=1S/C16H27ClSi/c1-5-6-7-14-8-9-15(10-13(2)12-17)16(11-14)18(3)4/h8-9,11,13,18H,5-7,10,12H2,1-4H3. The highest BCUT2D eigenvalue weighted by atomic mass is 35.5. The van der Waals surface area contributed by atoms with E-state index in [2.05, 4.69) is 45.1 Å². The number of unbranched alkanes of at least 4 members (excludes halogenated alkanes) is 1. The van der Waals surface area contributed by atoms with Crippen LogP contribution >= 0.6 is 11.6 Å². The summed E-state index contributed by atoms with van der Waals surface area (Å²) in [4.78, 5) is 0. The molecule has 0 aromatic heterocycles. The van der Waals surface area contributed by atoms with Crippen molar-refractivity contribution in [2.24, 2.45) is 5.92 Å². The van der Waals surface area contributed by atoms with E-state index in [4.69, 9.17) is 11.6 Å². The zero-order chi connectivity index (χ0) is 13.5. The Morgan fingerprint density at radius 2 is 2.00 bits per heavy atom. The monoisotopic (exact) mass is 282 g/mol. The van der Waals surface area contributed by atoms with Crippen LogP contribution in [0.1, 0.15) is 37.8 Å². The lowest BCUT2D eigenvalue weighted by molar-refractivity contribution is 0.656. The summed E-state index contributed by atoms with van der Waals surface area (Å²) >= 11 is 5.94. The molecule has 0 amide bonds. The zero-order valence-electron chi connectivity index (χ0n) is 12.3. The summed E-state index contributed by atoms with van der Waals surface area (Å²) in [5, 5.41) is 1.65. The molecular weight excluding hydrogens is 256 g/mol. The van der Waals surface area contributed by atoms with Gasteiger partial charge in [0.25, 0.3) is 0 Å². The molecule has 1 atom stereocenters. The van der Waals surface area contributed by atoms with Gasteiger partial charge in [-0.1, -0.05) is 56.7 Å². The molecule has 1 aromatic rings. The van der Waals surface area contributed by atoms with E-state index in [0.717, 1.165) is 12.3 Å². The molecule has 18 heavy (non-hydrogen) atoms. The van der Waals surface area contributed by atoms with Crippen molar-refractivity contribution in [2.45, 2.75) is 52.6 Å².